The second kappa shape index (κ2) is 13.9. The SMILES string of the molecule is c1ccc(-c2cc(-c3ccccc3)cc(-n3c4ccccc4c4cc(-c5ccc(-c6ccc7c(c6)c6ccccc6n7-c6ccccc6)c6ccccc56)ccc43)c2)cc1. The molecular formula is C58H38N2. The molecule has 0 unspecified atom stereocenters. The summed E-state index contributed by atoms with van der Waals surface area (Å²) in [6.07, 6.45) is 0. The third kappa shape index (κ3) is 5.50. The van der Waals surface area contributed by atoms with Crippen LogP contribution in [0.15, 0.2) is 231 Å². The smallest absolute Gasteiger partial charge is 0.0541 e. The molecule has 0 aliphatic heterocycles. The summed E-state index contributed by atoms with van der Waals surface area (Å²) in [6, 6.07) is 84.2. The van der Waals surface area contributed by atoms with E-state index in [1.807, 2.05) is 0 Å². The minimum atomic E-state index is 1.15. The average molecular weight is 763 g/mol. The van der Waals surface area contributed by atoms with Crippen molar-refractivity contribution in [3.63, 3.8) is 0 Å². The van der Waals surface area contributed by atoms with Gasteiger partial charge in [0.15, 0.2) is 0 Å². The number of benzene rings is 10. The van der Waals surface area contributed by atoms with Crippen molar-refractivity contribution in [2.75, 3.05) is 0 Å². The molecule has 2 heterocycles. The third-order valence-corrected chi connectivity index (χ3v) is 12.3. The first-order valence-electron chi connectivity index (χ1n) is 20.7. The van der Waals surface area contributed by atoms with Crippen molar-refractivity contribution in [2.45, 2.75) is 0 Å². The zero-order valence-corrected chi connectivity index (χ0v) is 32.8. The highest BCUT2D eigenvalue weighted by Crippen LogP contribution is 2.42. The van der Waals surface area contributed by atoms with Crippen molar-refractivity contribution >= 4 is 54.4 Å². The number of hydrogen-bond donors (Lipinski definition) is 0. The summed E-state index contributed by atoms with van der Waals surface area (Å²) in [7, 11) is 0. The molecule has 0 atom stereocenters. The average Bonchev–Trinajstić information content (AvgIpc) is 3.84. The monoisotopic (exact) mass is 762 g/mol. The van der Waals surface area contributed by atoms with Gasteiger partial charge in [0.25, 0.3) is 0 Å². The van der Waals surface area contributed by atoms with Crippen LogP contribution in [0.2, 0.25) is 0 Å². The molecule has 0 bridgehead atoms. The van der Waals surface area contributed by atoms with E-state index in [1.54, 1.807) is 0 Å². The Balaban J connectivity index is 1.01. The van der Waals surface area contributed by atoms with Crippen LogP contribution in [0.4, 0.5) is 0 Å². The topological polar surface area (TPSA) is 9.86 Å². The van der Waals surface area contributed by atoms with Crippen molar-refractivity contribution < 1.29 is 0 Å². The molecule has 0 aliphatic carbocycles. The second-order valence-electron chi connectivity index (χ2n) is 15.7. The zero-order chi connectivity index (χ0) is 39.6. The standard InChI is InChI=1S/C58H38N2/c1-4-16-39(17-5-1)43-34-44(40-18-6-2-7-19-40)36-46(35-43)60-56-27-15-13-25-52(56)54-38-42(29-33-58(54)60)48-31-30-47(49-22-10-11-23-50(48)49)41-28-32-57-53(37-41)51-24-12-14-26-55(51)59(57)45-20-8-3-9-21-45/h1-38H. The van der Waals surface area contributed by atoms with Crippen LogP contribution in [0.25, 0.3) is 110 Å². The van der Waals surface area contributed by atoms with E-state index < -0.39 is 0 Å². The van der Waals surface area contributed by atoms with Gasteiger partial charge >= 0.3 is 0 Å². The Morgan fingerprint density at radius 3 is 1.07 bits per heavy atom. The first-order chi connectivity index (χ1) is 29.8. The van der Waals surface area contributed by atoms with E-state index in [1.165, 1.54) is 105 Å². The Morgan fingerprint density at radius 2 is 0.583 bits per heavy atom. The number of aromatic nitrogens is 2. The molecule has 12 rings (SSSR count). The summed E-state index contributed by atoms with van der Waals surface area (Å²) in [5.41, 5.74) is 16.8. The predicted octanol–water partition coefficient (Wildman–Crippen LogP) is 15.7. The Bertz CT molecular complexity index is 3520. The van der Waals surface area contributed by atoms with Gasteiger partial charge in [-0.15, -0.1) is 0 Å². The van der Waals surface area contributed by atoms with Gasteiger partial charge in [0, 0.05) is 32.9 Å². The van der Waals surface area contributed by atoms with Crippen molar-refractivity contribution in [1.82, 2.24) is 9.13 Å². The minimum absolute atomic E-state index is 1.15. The molecule has 0 amide bonds. The van der Waals surface area contributed by atoms with Gasteiger partial charge in [0.2, 0.25) is 0 Å². The normalized spacial score (nSPS) is 11.7. The molecule has 0 aliphatic rings. The Kier molecular flexibility index (Phi) is 7.89. The van der Waals surface area contributed by atoms with Crippen LogP contribution in [-0.2, 0) is 0 Å². The first kappa shape index (κ1) is 34.1. The number of hydrogen-bond acceptors (Lipinski definition) is 0. The highest BCUT2D eigenvalue weighted by atomic mass is 15.0. The van der Waals surface area contributed by atoms with Crippen LogP contribution in [0, 0.1) is 0 Å². The van der Waals surface area contributed by atoms with Gasteiger partial charge in [-0.05, 0) is 122 Å². The van der Waals surface area contributed by atoms with Gasteiger partial charge in [-0.25, -0.2) is 0 Å². The van der Waals surface area contributed by atoms with Gasteiger partial charge in [0.1, 0.15) is 0 Å². The predicted molar refractivity (Wildman–Crippen MR) is 254 cm³/mol. The zero-order valence-electron chi connectivity index (χ0n) is 32.8. The fraction of sp³-hybridized carbons (Fsp3) is 0. The van der Waals surface area contributed by atoms with E-state index in [9.17, 15) is 0 Å². The van der Waals surface area contributed by atoms with Crippen molar-refractivity contribution in [3.05, 3.63) is 231 Å². The maximum Gasteiger partial charge on any atom is 0.0541 e. The fourth-order valence-electron chi connectivity index (χ4n) is 9.55. The van der Waals surface area contributed by atoms with E-state index in [2.05, 4.69) is 240 Å². The third-order valence-electron chi connectivity index (χ3n) is 12.3. The van der Waals surface area contributed by atoms with Crippen molar-refractivity contribution in [3.8, 4) is 55.9 Å². The van der Waals surface area contributed by atoms with Crippen LogP contribution in [0.3, 0.4) is 0 Å². The highest BCUT2D eigenvalue weighted by molar-refractivity contribution is 6.14. The maximum absolute atomic E-state index is 2.44. The lowest BCUT2D eigenvalue weighted by molar-refractivity contribution is 1.18. The van der Waals surface area contributed by atoms with Crippen molar-refractivity contribution in [2.24, 2.45) is 0 Å². The molecule has 280 valence electrons. The molecule has 2 aromatic heterocycles. The lowest BCUT2D eigenvalue weighted by atomic mass is 9.91. The lowest BCUT2D eigenvalue weighted by Gasteiger charge is -2.15. The largest absolute Gasteiger partial charge is 0.309 e. The molecule has 2 nitrogen and oxygen atoms in total. The van der Waals surface area contributed by atoms with E-state index >= 15 is 0 Å². The van der Waals surface area contributed by atoms with Crippen molar-refractivity contribution in [1.29, 1.82) is 0 Å². The summed E-state index contributed by atoms with van der Waals surface area (Å²) in [5, 5.41) is 7.48. The number of para-hydroxylation sites is 3. The Hall–Kier alpha value is -7.94. The van der Waals surface area contributed by atoms with Gasteiger partial charge in [0.05, 0.1) is 22.1 Å². The summed E-state index contributed by atoms with van der Waals surface area (Å²) in [4.78, 5) is 0. The molecule has 0 saturated heterocycles. The molecule has 60 heavy (non-hydrogen) atoms. The molecule has 0 N–H and O–H groups in total. The summed E-state index contributed by atoms with van der Waals surface area (Å²) < 4.78 is 4.82. The minimum Gasteiger partial charge on any atom is -0.309 e. The van der Waals surface area contributed by atoms with Crippen LogP contribution >= 0.6 is 0 Å². The molecular weight excluding hydrogens is 725 g/mol. The molecule has 0 spiro atoms. The maximum atomic E-state index is 2.44. The highest BCUT2D eigenvalue weighted by Gasteiger charge is 2.18. The Labute approximate surface area is 348 Å². The van der Waals surface area contributed by atoms with Gasteiger partial charge in [-0.1, -0.05) is 164 Å². The number of nitrogens with zero attached hydrogens (tertiary/aromatic N) is 2. The van der Waals surface area contributed by atoms with Gasteiger partial charge in [-0.3, -0.25) is 0 Å². The van der Waals surface area contributed by atoms with E-state index in [0.29, 0.717) is 0 Å². The summed E-state index contributed by atoms with van der Waals surface area (Å²) in [6.45, 7) is 0. The van der Waals surface area contributed by atoms with Crippen LogP contribution in [-0.4, -0.2) is 9.13 Å². The second-order valence-corrected chi connectivity index (χ2v) is 15.7. The summed E-state index contributed by atoms with van der Waals surface area (Å²) >= 11 is 0. The summed E-state index contributed by atoms with van der Waals surface area (Å²) in [5.74, 6) is 0. The van der Waals surface area contributed by atoms with Gasteiger partial charge in [-0.2, -0.15) is 0 Å². The molecule has 12 aromatic rings. The quantitative estimate of drug-likeness (QED) is 0.160. The van der Waals surface area contributed by atoms with Crippen LogP contribution in [0.5, 0.6) is 0 Å². The molecule has 0 saturated carbocycles. The fourth-order valence-corrected chi connectivity index (χ4v) is 9.55. The molecule has 10 aromatic carbocycles. The molecule has 0 radical (unpaired) electrons. The molecule has 0 fully saturated rings. The Morgan fingerprint density at radius 1 is 0.200 bits per heavy atom. The molecule has 2 heteroatoms. The van der Waals surface area contributed by atoms with E-state index in [4.69, 9.17) is 0 Å². The number of rotatable bonds is 6. The lowest BCUT2D eigenvalue weighted by Crippen LogP contribution is -1.96. The van der Waals surface area contributed by atoms with Crippen LogP contribution in [0.1, 0.15) is 0 Å². The number of fused-ring (bicyclic) bond motifs is 7. The van der Waals surface area contributed by atoms with Gasteiger partial charge < -0.3 is 9.13 Å². The first-order valence-corrected chi connectivity index (χ1v) is 20.7. The van der Waals surface area contributed by atoms with E-state index in [-0.39, 0.29) is 0 Å². The van der Waals surface area contributed by atoms with Crippen LogP contribution < -0.4 is 0 Å². The van der Waals surface area contributed by atoms with E-state index in [0.717, 1.165) is 5.69 Å².